The lowest BCUT2D eigenvalue weighted by atomic mass is 10.1. The van der Waals surface area contributed by atoms with E-state index in [1.54, 1.807) is 23.9 Å². The molecule has 5 nitrogen and oxygen atoms in total. The monoisotopic (exact) mass is 345 g/mol. The van der Waals surface area contributed by atoms with E-state index in [1.165, 1.54) is 0 Å². The van der Waals surface area contributed by atoms with Crippen LogP contribution >= 0.6 is 11.8 Å². The van der Waals surface area contributed by atoms with Crippen LogP contribution < -0.4 is 14.8 Å². The maximum atomic E-state index is 12.2. The van der Waals surface area contributed by atoms with E-state index in [2.05, 4.69) is 5.32 Å². The van der Waals surface area contributed by atoms with E-state index in [4.69, 9.17) is 9.47 Å². The number of benzene rings is 2. The Morgan fingerprint density at radius 3 is 2.67 bits per heavy atom. The van der Waals surface area contributed by atoms with Crippen molar-refractivity contribution in [2.45, 2.75) is 17.1 Å². The number of hydrogen-bond donors (Lipinski definition) is 2. The number of fused-ring (bicyclic) bond motifs is 1. The number of nitrogens with one attached hydrogen (secondary N) is 1. The van der Waals surface area contributed by atoms with Gasteiger partial charge in [0.05, 0.1) is 6.10 Å². The molecule has 1 amide bonds. The van der Waals surface area contributed by atoms with E-state index >= 15 is 0 Å². The fourth-order valence-electron chi connectivity index (χ4n) is 2.40. The van der Waals surface area contributed by atoms with Crippen LogP contribution in [0.3, 0.4) is 0 Å². The first-order valence-corrected chi connectivity index (χ1v) is 8.88. The summed E-state index contributed by atoms with van der Waals surface area (Å²) in [7, 11) is 0. The molecule has 2 aromatic carbocycles. The Kier molecular flexibility index (Phi) is 5.27. The smallest absolute Gasteiger partial charge is 0.264 e. The van der Waals surface area contributed by atoms with Crippen molar-refractivity contribution < 1.29 is 19.4 Å². The second-order valence-corrected chi connectivity index (χ2v) is 6.28. The summed E-state index contributed by atoms with van der Waals surface area (Å²) in [6.07, 6.45) is 0.517. The van der Waals surface area contributed by atoms with Gasteiger partial charge in [0.1, 0.15) is 6.61 Å². The summed E-state index contributed by atoms with van der Waals surface area (Å²) in [6, 6.07) is 14.8. The minimum absolute atomic E-state index is 0.124. The van der Waals surface area contributed by atoms with E-state index in [0.29, 0.717) is 11.5 Å². The fraction of sp³-hybridized carbons (Fsp3) is 0.278. The highest BCUT2D eigenvalue weighted by Crippen LogP contribution is 2.30. The van der Waals surface area contributed by atoms with Crippen LogP contribution in [0.2, 0.25) is 0 Å². The van der Waals surface area contributed by atoms with Gasteiger partial charge in [0.15, 0.2) is 11.5 Å². The third-order valence-corrected chi connectivity index (χ3v) is 4.51. The van der Waals surface area contributed by atoms with Crippen LogP contribution in [0.25, 0.3) is 0 Å². The van der Waals surface area contributed by atoms with Crippen LogP contribution in [-0.4, -0.2) is 36.5 Å². The summed E-state index contributed by atoms with van der Waals surface area (Å²) in [5.74, 6) is 0.886. The van der Waals surface area contributed by atoms with Gasteiger partial charge in [0.25, 0.3) is 5.91 Å². The molecule has 126 valence electrons. The maximum absolute atomic E-state index is 12.2. The molecule has 2 aromatic rings. The zero-order valence-electron chi connectivity index (χ0n) is 13.3. The molecule has 6 heteroatoms. The van der Waals surface area contributed by atoms with Crippen LogP contribution in [0.15, 0.2) is 53.4 Å². The number of carbonyl (C=O) groups is 1. The van der Waals surface area contributed by atoms with E-state index in [0.717, 1.165) is 10.5 Å². The zero-order chi connectivity index (χ0) is 16.9. The standard InChI is InChI=1S/C18H19NO4S/c1-24-13-8-6-12(7-9-13)14(20)10-19-18(21)17-11-22-15-4-2-3-5-16(15)23-17/h2-9,14,17,20H,10-11H2,1H3,(H,19,21)/t14-,17-/m1/s1. The molecule has 0 bridgehead atoms. The maximum Gasteiger partial charge on any atom is 0.264 e. The van der Waals surface area contributed by atoms with Crippen LogP contribution in [0.5, 0.6) is 11.5 Å². The number of hydrogen-bond acceptors (Lipinski definition) is 5. The number of thioether (sulfide) groups is 1. The molecular formula is C18H19NO4S. The highest BCUT2D eigenvalue weighted by molar-refractivity contribution is 7.98. The van der Waals surface area contributed by atoms with Crippen LogP contribution in [0.1, 0.15) is 11.7 Å². The molecule has 1 heterocycles. The molecule has 0 saturated heterocycles. The number of amides is 1. The molecule has 1 aliphatic rings. The zero-order valence-corrected chi connectivity index (χ0v) is 14.1. The van der Waals surface area contributed by atoms with Crippen LogP contribution in [0, 0.1) is 0 Å². The summed E-state index contributed by atoms with van der Waals surface area (Å²) < 4.78 is 11.2. The first kappa shape index (κ1) is 16.7. The highest BCUT2D eigenvalue weighted by Gasteiger charge is 2.27. The second kappa shape index (κ2) is 7.59. The Hall–Kier alpha value is -2.18. The van der Waals surface area contributed by atoms with Crippen molar-refractivity contribution in [3.05, 3.63) is 54.1 Å². The summed E-state index contributed by atoms with van der Waals surface area (Å²) in [5.41, 5.74) is 0.763. The number of rotatable bonds is 5. The number of aliphatic hydroxyl groups excluding tert-OH is 1. The molecule has 1 aliphatic heterocycles. The Balaban J connectivity index is 1.53. The van der Waals surface area contributed by atoms with Gasteiger partial charge in [0, 0.05) is 11.4 Å². The average molecular weight is 345 g/mol. The molecule has 0 aliphatic carbocycles. The largest absolute Gasteiger partial charge is 0.485 e. The number of ether oxygens (including phenoxy) is 2. The van der Waals surface area contributed by atoms with Gasteiger partial charge in [-0.25, -0.2) is 0 Å². The van der Waals surface area contributed by atoms with Gasteiger partial charge < -0.3 is 19.9 Å². The van der Waals surface area contributed by atoms with Gasteiger partial charge in [-0.3, -0.25) is 4.79 Å². The lowest BCUT2D eigenvalue weighted by Crippen LogP contribution is -2.45. The molecule has 2 N–H and O–H groups in total. The third kappa shape index (κ3) is 3.83. The summed E-state index contributed by atoms with van der Waals surface area (Å²) >= 11 is 1.64. The van der Waals surface area contributed by atoms with Crippen molar-refractivity contribution in [3.8, 4) is 11.5 Å². The predicted octanol–water partition coefficient (Wildman–Crippen LogP) is 2.40. The minimum Gasteiger partial charge on any atom is -0.485 e. The normalized spacial score (nSPS) is 17.2. The number of para-hydroxylation sites is 2. The first-order valence-electron chi connectivity index (χ1n) is 7.65. The third-order valence-electron chi connectivity index (χ3n) is 3.77. The Morgan fingerprint density at radius 2 is 1.96 bits per heavy atom. The molecule has 0 aromatic heterocycles. The molecular weight excluding hydrogens is 326 g/mol. The summed E-state index contributed by atoms with van der Waals surface area (Å²) in [6.45, 7) is 0.278. The quantitative estimate of drug-likeness (QED) is 0.815. The minimum atomic E-state index is -0.762. The number of aliphatic hydroxyl groups is 1. The molecule has 0 fully saturated rings. The van der Waals surface area contributed by atoms with E-state index in [9.17, 15) is 9.90 Å². The van der Waals surface area contributed by atoms with Gasteiger partial charge in [0.2, 0.25) is 6.10 Å². The van der Waals surface area contributed by atoms with E-state index in [1.807, 2.05) is 42.7 Å². The highest BCUT2D eigenvalue weighted by atomic mass is 32.2. The molecule has 0 saturated carbocycles. The summed E-state index contributed by atoms with van der Waals surface area (Å²) in [4.78, 5) is 13.3. The van der Waals surface area contributed by atoms with E-state index in [-0.39, 0.29) is 19.1 Å². The lowest BCUT2D eigenvalue weighted by molar-refractivity contribution is -0.130. The SMILES string of the molecule is CSc1ccc([C@H](O)CNC(=O)[C@H]2COc3ccccc3O2)cc1. The lowest BCUT2D eigenvalue weighted by Gasteiger charge is -2.26. The van der Waals surface area contributed by atoms with Crippen molar-refractivity contribution in [2.75, 3.05) is 19.4 Å². The molecule has 0 unspecified atom stereocenters. The van der Waals surface area contributed by atoms with Crippen molar-refractivity contribution in [1.29, 1.82) is 0 Å². The Labute approximate surface area is 145 Å². The number of carbonyl (C=O) groups excluding carboxylic acids is 1. The molecule has 0 spiro atoms. The van der Waals surface area contributed by atoms with Gasteiger partial charge in [-0.05, 0) is 36.1 Å². The topological polar surface area (TPSA) is 67.8 Å². The Bertz CT molecular complexity index is 704. The fourth-order valence-corrected chi connectivity index (χ4v) is 2.81. The van der Waals surface area contributed by atoms with Crippen molar-refractivity contribution in [2.24, 2.45) is 0 Å². The molecule has 2 atom stereocenters. The predicted molar refractivity (Wildman–Crippen MR) is 92.5 cm³/mol. The van der Waals surface area contributed by atoms with Gasteiger partial charge >= 0.3 is 0 Å². The van der Waals surface area contributed by atoms with Crippen LogP contribution in [-0.2, 0) is 4.79 Å². The summed E-state index contributed by atoms with van der Waals surface area (Å²) in [5, 5.41) is 12.9. The van der Waals surface area contributed by atoms with Crippen molar-refractivity contribution in [1.82, 2.24) is 5.32 Å². The van der Waals surface area contributed by atoms with Gasteiger partial charge in [-0.15, -0.1) is 11.8 Å². The molecule has 3 rings (SSSR count). The van der Waals surface area contributed by atoms with Crippen molar-refractivity contribution >= 4 is 17.7 Å². The average Bonchev–Trinajstić information content (AvgIpc) is 2.65. The van der Waals surface area contributed by atoms with Crippen molar-refractivity contribution in [3.63, 3.8) is 0 Å². The second-order valence-electron chi connectivity index (χ2n) is 5.40. The first-order chi connectivity index (χ1) is 11.7. The molecule has 24 heavy (non-hydrogen) atoms. The van der Waals surface area contributed by atoms with Gasteiger partial charge in [-0.2, -0.15) is 0 Å². The Morgan fingerprint density at radius 1 is 1.25 bits per heavy atom. The molecule has 0 radical (unpaired) electrons. The van der Waals surface area contributed by atoms with Gasteiger partial charge in [-0.1, -0.05) is 24.3 Å². The van der Waals surface area contributed by atoms with E-state index < -0.39 is 12.2 Å². The van der Waals surface area contributed by atoms with Crippen LogP contribution in [0.4, 0.5) is 0 Å².